The molecule has 0 aliphatic carbocycles. The van der Waals surface area contributed by atoms with Gasteiger partial charge in [-0.25, -0.2) is 19.2 Å². The van der Waals surface area contributed by atoms with E-state index in [0.29, 0.717) is 72.7 Å². The van der Waals surface area contributed by atoms with Crippen molar-refractivity contribution in [1.82, 2.24) is 0 Å². The van der Waals surface area contributed by atoms with Crippen LogP contribution in [0.4, 0.5) is 0 Å². The van der Waals surface area contributed by atoms with Crippen molar-refractivity contribution in [2.24, 2.45) is 0 Å². The molecule has 0 aliphatic rings. The SMILES string of the molecule is C=CC(=O)OCCCCCCCCO.C=CC(=O)OCCCCCCCCOC.C=CC(=O)OCCOCCOCCO.C=CC(=O)OCCOCCOCCOC. The molecule has 0 aromatic rings. The van der Waals surface area contributed by atoms with E-state index in [1.165, 1.54) is 31.4 Å². The van der Waals surface area contributed by atoms with Crippen LogP contribution in [-0.4, -0.2) is 154 Å². The Balaban J connectivity index is -0.000000335. The molecule has 0 atom stereocenters. The van der Waals surface area contributed by atoms with Crippen LogP contribution in [0.2, 0.25) is 0 Å². The van der Waals surface area contributed by atoms with E-state index in [9.17, 15) is 19.2 Å². The maximum absolute atomic E-state index is 10.7. The van der Waals surface area contributed by atoms with Gasteiger partial charge in [0.05, 0.1) is 79.3 Å². The van der Waals surface area contributed by atoms with E-state index in [4.69, 9.17) is 52.8 Å². The third-order valence-corrected chi connectivity index (χ3v) is 6.81. The van der Waals surface area contributed by atoms with E-state index in [2.05, 4.69) is 31.1 Å². The minimum atomic E-state index is -0.454. The summed E-state index contributed by atoms with van der Waals surface area (Å²) in [6.45, 7) is 19.8. The summed E-state index contributed by atoms with van der Waals surface area (Å²) < 4.78 is 49.1. The zero-order valence-electron chi connectivity index (χ0n) is 35.5. The largest absolute Gasteiger partial charge is 0.463 e. The van der Waals surface area contributed by atoms with Crippen LogP contribution in [0.3, 0.4) is 0 Å². The molecule has 0 aromatic heterocycles. The Bertz CT molecular complexity index is 870. The lowest BCUT2D eigenvalue weighted by molar-refractivity contribution is -0.140. The van der Waals surface area contributed by atoms with Gasteiger partial charge in [0.1, 0.15) is 13.2 Å². The lowest BCUT2D eigenvalue weighted by Gasteiger charge is -2.05. The normalized spacial score (nSPS) is 9.86. The Morgan fingerprint density at radius 1 is 0.345 bits per heavy atom. The number of ether oxygens (including phenoxy) is 10. The summed E-state index contributed by atoms with van der Waals surface area (Å²) in [6, 6.07) is 0. The van der Waals surface area contributed by atoms with Gasteiger partial charge in [0.2, 0.25) is 0 Å². The first-order valence-electron chi connectivity index (χ1n) is 19.9. The third-order valence-electron chi connectivity index (χ3n) is 6.81. The Morgan fingerprint density at radius 3 is 0.948 bits per heavy atom. The number of hydrogen-bond donors (Lipinski definition) is 2. The highest BCUT2D eigenvalue weighted by Crippen LogP contribution is 2.06. The number of aliphatic hydroxyl groups is 2. The van der Waals surface area contributed by atoms with Gasteiger partial charge in [-0.3, -0.25) is 0 Å². The zero-order valence-corrected chi connectivity index (χ0v) is 35.5. The van der Waals surface area contributed by atoms with Crippen molar-refractivity contribution in [1.29, 1.82) is 0 Å². The van der Waals surface area contributed by atoms with E-state index >= 15 is 0 Å². The summed E-state index contributed by atoms with van der Waals surface area (Å²) in [5.74, 6) is -1.56. The molecule has 0 saturated carbocycles. The average molecular weight is 837 g/mol. The van der Waals surface area contributed by atoms with Crippen LogP contribution in [-0.2, 0) is 66.5 Å². The highest BCUT2D eigenvalue weighted by atomic mass is 16.6. The first-order chi connectivity index (χ1) is 28.2. The second-order valence-corrected chi connectivity index (χ2v) is 11.6. The van der Waals surface area contributed by atoms with Gasteiger partial charge in [-0.15, -0.1) is 0 Å². The van der Waals surface area contributed by atoms with Crippen LogP contribution < -0.4 is 0 Å². The number of unbranched alkanes of at least 4 members (excludes halogenated alkanes) is 10. The molecule has 2 N–H and O–H groups in total. The molecular formula is C42H76O16. The monoisotopic (exact) mass is 837 g/mol. The summed E-state index contributed by atoms with van der Waals surface area (Å²) in [6.07, 6.45) is 17.7. The van der Waals surface area contributed by atoms with Crippen LogP contribution in [0.25, 0.3) is 0 Å². The molecule has 0 aromatic carbocycles. The van der Waals surface area contributed by atoms with Crippen molar-refractivity contribution in [3.05, 3.63) is 50.6 Å². The first-order valence-corrected chi connectivity index (χ1v) is 19.9. The standard InChI is InChI=1S/C12H22O3.C11H20O3.C10H18O5.C9H16O5/c1-3-12(13)15-11-9-7-5-4-6-8-10-14-2;1-2-11(13)14-10-8-6-4-3-5-7-9-12;1-3-10(11)15-9-8-14-7-6-13-5-4-12-2;1-2-9(11)14-8-7-13-6-5-12-4-3-10/h3H,1,4-11H2,2H3;2,12H,1,3-10H2;3H,1,4-9H2,2H3;2,10H,1,3-8H2. The topological polar surface area (TPSA) is 201 Å². The lowest BCUT2D eigenvalue weighted by Crippen LogP contribution is -2.12. The number of aliphatic hydroxyl groups excluding tert-OH is 2. The molecule has 340 valence electrons. The van der Waals surface area contributed by atoms with Gasteiger partial charge in [-0.1, -0.05) is 77.7 Å². The quantitative estimate of drug-likeness (QED) is 0.0368. The zero-order chi connectivity index (χ0) is 44.0. The number of carbonyl (C=O) groups excluding carboxylic acids is 4. The van der Waals surface area contributed by atoms with Crippen molar-refractivity contribution in [3.8, 4) is 0 Å². The molecule has 0 aliphatic heterocycles. The molecule has 16 heteroatoms. The predicted octanol–water partition coefficient (Wildman–Crippen LogP) is 4.89. The maximum Gasteiger partial charge on any atom is 0.330 e. The van der Waals surface area contributed by atoms with Crippen LogP contribution >= 0.6 is 0 Å². The van der Waals surface area contributed by atoms with E-state index < -0.39 is 11.9 Å². The van der Waals surface area contributed by atoms with Gasteiger partial charge in [0, 0.05) is 51.7 Å². The van der Waals surface area contributed by atoms with Gasteiger partial charge in [-0.05, 0) is 25.7 Å². The van der Waals surface area contributed by atoms with E-state index in [-0.39, 0.29) is 38.4 Å². The van der Waals surface area contributed by atoms with Crippen LogP contribution in [0, 0.1) is 0 Å². The lowest BCUT2D eigenvalue weighted by atomic mass is 10.1. The summed E-state index contributed by atoms with van der Waals surface area (Å²) >= 11 is 0. The summed E-state index contributed by atoms with van der Waals surface area (Å²) in [5, 5.41) is 16.9. The Labute approximate surface area is 347 Å². The van der Waals surface area contributed by atoms with Gasteiger partial charge in [-0.2, -0.15) is 0 Å². The number of carbonyl (C=O) groups is 4. The maximum atomic E-state index is 10.7. The molecular weight excluding hydrogens is 760 g/mol. The fraction of sp³-hybridized carbons (Fsp3) is 0.714. The first kappa shape index (κ1) is 61.2. The van der Waals surface area contributed by atoms with Gasteiger partial charge >= 0.3 is 23.9 Å². The summed E-state index contributed by atoms with van der Waals surface area (Å²) in [7, 11) is 3.35. The fourth-order valence-corrected chi connectivity index (χ4v) is 3.81. The van der Waals surface area contributed by atoms with Crippen LogP contribution in [0.1, 0.15) is 77.0 Å². The number of esters is 4. The molecule has 16 nitrogen and oxygen atoms in total. The highest BCUT2D eigenvalue weighted by Gasteiger charge is 1.98. The molecule has 0 fully saturated rings. The minimum absolute atomic E-state index is 0.0109. The van der Waals surface area contributed by atoms with Crippen LogP contribution in [0.15, 0.2) is 50.6 Å². The number of methoxy groups -OCH3 is 2. The summed E-state index contributed by atoms with van der Waals surface area (Å²) in [5.41, 5.74) is 0. The third kappa shape index (κ3) is 64.4. The Hall–Kier alpha value is -3.48. The van der Waals surface area contributed by atoms with Crippen LogP contribution in [0.5, 0.6) is 0 Å². The minimum Gasteiger partial charge on any atom is -0.463 e. The molecule has 0 spiro atoms. The van der Waals surface area contributed by atoms with Crippen molar-refractivity contribution in [2.75, 3.05) is 120 Å². The molecule has 58 heavy (non-hydrogen) atoms. The number of rotatable bonds is 38. The Kier molecular flexibility index (Phi) is 61.0. The van der Waals surface area contributed by atoms with Crippen molar-refractivity contribution in [3.63, 3.8) is 0 Å². The van der Waals surface area contributed by atoms with Gasteiger partial charge in [0.15, 0.2) is 0 Å². The van der Waals surface area contributed by atoms with E-state index in [1.807, 2.05) is 0 Å². The van der Waals surface area contributed by atoms with Gasteiger partial charge < -0.3 is 57.6 Å². The van der Waals surface area contributed by atoms with Crippen molar-refractivity contribution in [2.45, 2.75) is 77.0 Å². The average Bonchev–Trinajstić information content (AvgIpc) is 3.24. The Morgan fingerprint density at radius 2 is 0.621 bits per heavy atom. The van der Waals surface area contributed by atoms with Crippen molar-refractivity contribution < 1.29 is 76.8 Å². The number of hydrogen-bond acceptors (Lipinski definition) is 16. The molecule has 0 unspecified atom stereocenters. The molecule has 0 saturated heterocycles. The molecule has 0 heterocycles. The van der Waals surface area contributed by atoms with E-state index in [0.717, 1.165) is 76.5 Å². The second kappa shape index (κ2) is 57.8. The van der Waals surface area contributed by atoms with Crippen molar-refractivity contribution >= 4 is 23.9 Å². The predicted molar refractivity (Wildman–Crippen MR) is 221 cm³/mol. The molecule has 0 radical (unpaired) electrons. The molecule has 0 rings (SSSR count). The molecule has 0 bridgehead atoms. The second-order valence-electron chi connectivity index (χ2n) is 11.6. The highest BCUT2D eigenvalue weighted by molar-refractivity contribution is 5.82. The summed E-state index contributed by atoms with van der Waals surface area (Å²) in [4.78, 5) is 42.4. The fourth-order valence-electron chi connectivity index (χ4n) is 3.81. The van der Waals surface area contributed by atoms with E-state index in [1.54, 1.807) is 14.2 Å². The van der Waals surface area contributed by atoms with Gasteiger partial charge in [0.25, 0.3) is 0 Å². The molecule has 0 amide bonds. The smallest absolute Gasteiger partial charge is 0.330 e.